The van der Waals surface area contributed by atoms with Crippen LogP contribution < -0.4 is 10.1 Å². The molecule has 1 atom stereocenters. The number of rotatable bonds is 3. The number of hydrogen-bond acceptors (Lipinski definition) is 8. The minimum Gasteiger partial charge on any atom is -0.448 e. The Balaban J connectivity index is 1.85. The fourth-order valence-electron chi connectivity index (χ4n) is 2.72. The van der Waals surface area contributed by atoms with Gasteiger partial charge in [-0.2, -0.15) is 4.98 Å². The minimum absolute atomic E-state index is 0.0619. The van der Waals surface area contributed by atoms with E-state index < -0.39 is 11.2 Å². The van der Waals surface area contributed by atoms with Crippen molar-refractivity contribution in [2.45, 2.75) is 11.4 Å². The molecule has 8 nitrogen and oxygen atoms in total. The van der Waals surface area contributed by atoms with Crippen molar-refractivity contribution in [2.75, 3.05) is 11.6 Å². The molecule has 0 unspecified atom stereocenters. The SMILES string of the molecule is CSc1nnc2c(n1)O[C@@H](c1ccc(Cl)c([N+](=O)[O-])c1)Nc1ccccc1-2. The number of anilines is 1. The second-order valence-corrected chi connectivity index (χ2v) is 6.79. The molecule has 0 fully saturated rings. The Morgan fingerprint density at radius 2 is 2.07 bits per heavy atom. The van der Waals surface area contributed by atoms with Crippen LogP contribution in [-0.4, -0.2) is 26.4 Å². The number of nitrogens with one attached hydrogen (secondary N) is 1. The van der Waals surface area contributed by atoms with Gasteiger partial charge in [0.2, 0.25) is 11.0 Å². The van der Waals surface area contributed by atoms with Gasteiger partial charge < -0.3 is 10.1 Å². The molecule has 2 heterocycles. The van der Waals surface area contributed by atoms with E-state index in [4.69, 9.17) is 16.3 Å². The Morgan fingerprint density at radius 3 is 2.85 bits per heavy atom. The first-order chi connectivity index (χ1) is 13.1. The standard InChI is InChI=1S/C17H12ClN5O3S/c1-27-17-20-16-14(21-22-17)10-4-2-3-5-12(10)19-15(26-16)9-6-7-11(18)13(8-9)23(24)25/h2-8,15,19H,1H3/t15-/m0/s1. The number of thioether (sulfide) groups is 1. The zero-order valence-electron chi connectivity index (χ0n) is 13.9. The highest BCUT2D eigenvalue weighted by Gasteiger charge is 2.27. The molecule has 0 bridgehead atoms. The highest BCUT2D eigenvalue weighted by Crippen LogP contribution is 2.40. The lowest BCUT2D eigenvalue weighted by molar-refractivity contribution is -0.384. The second-order valence-electron chi connectivity index (χ2n) is 5.61. The van der Waals surface area contributed by atoms with Gasteiger partial charge in [-0.1, -0.05) is 47.6 Å². The molecular formula is C17H12ClN5O3S. The highest BCUT2D eigenvalue weighted by molar-refractivity contribution is 7.98. The van der Waals surface area contributed by atoms with Crippen LogP contribution in [0.4, 0.5) is 11.4 Å². The van der Waals surface area contributed by atoms with Gasteiger partial charge in [0.15, 0.2) is 11.9 Å². The summed E-state index contributed by atoms with van der Waals surface area (Å²) in [7, 11) is 0. The van der Waals surface area contributed by atoms with Crippen molar-refractivity contribution in [2.24, 2.45) is 0 Å². The lowest BCUT2D eigenvalue weighted by Gasteiger charge is -2.19. The van der Waals surface area contributed by atoms with Crippen LogP contribution in [0.1, 0.15) is 11.8 Å². The van der Waals surface area contributed by atoms with Gasteiger partial charge in [0, 0.05) is 22.9 Å². The van der Waals surface area contributed by atoms with Crippen molar-refractivity contribution in [3.05, 3.63) is 63.2 Å². The van der Waals surface area contributed by atoms with Gasteiger partial charge in [-0.15, -0.1) is 10.2 Å². The number of hydrogen-bond donors (Lipinski definition) is 1. The monoisotopic (exact) mass is 401 g/mol. The zero-order valence-corrected chi connectivity index (χ0v) is 15.5. The first-order valence-electron chi connectivity index (χ1n) is 7.82. The van der Waals surface area contributed by atoms with Crippen LogP contribution in [0.5, 0.6) is 5.88 Å². The van der Waals surface area contributed by atoms with Crippen LogP contribution in [0.3, 0.4) is 0 Å². The normalized spacial score (nSPS) is 15.0. The predicted molar refractivity (Wildman–Crippen MR) is 102 cm³/mol. The molecule has 0 spiro atoms. The van der Waals surface area contributed by atoms with Gasteiger partial charge >= 0.3 is 0 Å². The number of nitro benzene ring substituents is 1. The molecule has 2 aromatic carbocycles. The van der Waals surface area contributed by atoms with Crippen molar-refractivity contribution >= 4 is 34.7 Å². The summed E-state index contributed by atoms with van der Waals surface area (Å²) in [6.45, 7) is 0. The second kappa shape index (κ2) is 7.01. The molecule has 3 aromatic rings. The maximum Gasteiger partial charge on any atom is 0.288 e. The van der Waals surface area contributed by atoms with Crippen LogP contribution >= 0.6 is 23.4 Å². The Kier molecular flexibility index (Phi) is 4.54. The van der Waals surface area contributed by atoms with Crippen molar-refractivity contribution in [3.8, 4) is 17.1 Å². The number of nitrogens with zero attached hydrogens (tertiary/aromatic N) is 4. The summed E-state index contributed by atoms with van der Waals surface area (Å²) in [5.74, 6) is 0.300. The molecule has 1 aliphatic rings. The number of benzene rings is 2. The summed E-state index contributed by atoms with van der Waals surface area (Å²) in [6, 6.07) is 12.0. The fraction of sp³-hybridized carbons (Fsp3) is 0.118. The van der Waals surface area contributed by atoms with E-state index in [1.807, 2.05) is 30.5 Å². The van der Waals surface area contributed by atoms with Gasteiger partial charge in [-0.3, -0.25) is 10.1 Å². The van der Waals surface area contributed by atoms with E-state index in [9.17, 15) is 10.1 Å². The predicted octanol–water partition coefficient (Wildman–Crippen LogP) is 4.33. The van der Waals surface area contributed by atoms with Gasteiger partial charge in [0.05, 0.1) is 4.92 Å². The topological polar surface area (TPSA) is 103 Å². The molecule has 1 aliphatic heterocycles. The van der Waals surface area contributed by atoms with Crippen molar-refractivity contribution in [1.82, 2.24) is 15.2 Å². The third-order valence-electron chi connectivity index (χ3n) is 3.99. The molecule has 1 aromatic heterocycles. The average Bonchev–Trinajstić information content (AvgIpc) is 2.84. The van der Waals surface area contributed by atoms with Crippen molar-refractivity contribution in [3.63, 3.8) is 0 Å². The Hall–Kier alpha value is -2.91. The van der Waals surface area contributed by atoms with Gasteiger partial charge in [0.25, 0.3) is 5.69 Å². The lowest BCUT2D eigenvalue weighted by Crippen LogP contribution is -2.17. The van der Waals surface area contributed by atoms with E-state index in [-0.39, 0.29) is 10.7 Å². The van der Waals surface area contributed by atoms with Gasteiger partial charge in [-0.05, 0) is 18.4 Å². The molecule has 0 saturated carbocycles. The van der Waals surface area contributed by atoms with E-state index in [1.165, 1.54) is 23.9 Å². The number of aromatic nitrogens is 3. The first kappa shape index (κ1) is 17.5. The zero-order chi connectivity index (χ0) is 19.0. The van der Waals surface area contributed by atoms with Gasteiger partial charge in [0.1, 0.15) is 5.02 Å². The Morgan fingerprint density at radius 1 is 1.26 bits per heavy atom. The number of para-hydroxylation sites is 1. The van der Waals surface area contributed by atoms with Crippen molar-refractivity contribution in [1.29, 1.82) is 0 Å². The molecule has 4 rings (SSSR count). The van der Waals surface area contributed by atoms with Crippen LogP contribution in [-0.2, 0) is 0 Å². The molecular weight excluding hydrogens is 390 g/mol. The number of fused-ring (bicyclic) bond motifs is 3. The largest absolute Gasteiger partial charge is 0.448 e. The Labute approximate surface area is 163 Å². The van der Waals surface area contributed by atoms with E-state index >= 15 is 0 Å². The Bertz CT molecular complexity index is 1050. The molecule has 136 valence electrons. The fourth-order valence-corrected chi connectivity index (χ4v) is 3.20. The average molecular weight is 402 g/mol. The van der Waals surface area contributed by atoms with E-state index in [0.29, 0.717) is 22.3 Å². The maximum atomic E-state index is 11.2. The summed E-state index contributed by atoms with van der Waals surface area (Å²) in [5, 5.41) is 23.3. The van der Waals surface area contributed by atoms with Crippen LogP contribution in [0, 0.1) is 10.1 Å². The third-order valence-corrected chi connectivity index (χ3v) is 4.84. The number of nitro groups is 1. The van der Waals surface area contributed by atoms with E-state index in [1.54, 1.807) is 6.07 Å². The van der Waals surface area contributed by atoms with Crippen LogP contribution in [0.25, 0.3) is 11.3 Å². The highest BCUT2D eigenvalue weighted by atomic mass is 35.5. The first-order valence-corrected chi connectivity index (χ1v) is 9.42. The van der Waals surface area contributed by atoms with E-state index in [0.717, 1.165) is 11.3 Å². The minimum atomic E-state index is -0.713. The molecule has 10 heteroatoms. The lowest BCUT2D eigenvalue weighted by atomic mass is 10.1. The molecule has 0 radical (unpaired) electrons. The number of halogens is 1. The molecule has 27 heavy (non-hydrogen) atoms. The smallest absolute Gasteiger partial charge is 0.288 e. The molecule has 0 aliphatic carbocycles. The third kappa shape index (κ3) is 3.26. The van der Waals surface area contributed by atoms with E-state index in [2.05, 4.69) is 20.5 Å². The van der Waals surface area contributed by atoms with Crippen LogP contribution in [0.15, 0.2) is 47.6 Å². The summed E-state index contributed by atoms with van der Waals surface area (Å²) in [4.78, 5) is 15.1. The van der Waals surface area contributed by atoms with Crippen molar-refractivity contribution < 1.29 is 9.66 Å². The summed E-state index contributed by atoms with van der Waals surface area (Å²) < 4.78 is 6.04. The molecule has 0 saturated heterocycles. The molecule has 0 amide bonds. The maximum absolute atomic E-state index is 11.2. The van der Waals surface area contributed by atoms with Crippen LogP contribution in [0.2, 0.25) is 5.02 Å². The summed E-state index contributed by atoms with van der Waals surface area (Å²) in [6.07, 6.45) is 1.13. The quantitative estimate of drug-likeness (QED) is 0.393. The van der Waals surface area contributed by atoms with Gasteiger partial charge in [-0.25, -0.2) is 0 Å². The summed E-state index contributed by atoms with van der Waals surface area (Å²) >= 11 is 7.27. The number of ether oxygens (including phenoxy) is 1. The molecule has 1 N–H and O–H groups in total. The summed E-state index contributed by atoms with van der Waals surface area (Å²) in [5.41, 5.74) is 2.39.